The summed E-state index contributed by atoms with van der Waals surface area (Å²) in [6, 6.07) is 11.9. The van der Waals surface area contributed by atoms with Gasteiger partial charge in [0.2, 0.25) is 0 Å². The molecule has 3 nitrogen and oxygen atoms in total. The van der Waals surface area contributed by atoms with E-state index in [1.807, 2.05) is 62.4 Å². The normalized spacial score (nSPS) is 19.2. The van der Waals surface area contributed by atoms with E-state index in [0.29, 0.717) is 11.5 Å². The number of nitrogens with zero attached hydrogens (tertiary/aromatic N) is 2. The second kappa shape index (κ2) is 11.1. The van der Waals surface area contributed by atoms with E-state index in [0.717, 1.165) is 22.7 Å². The van der Waals surface area contributed by atoms with E-state index in [-0.39, 0.29) is 0 Å². The standard InChI is InChI=1S/C17H19N3.C8H12/c1-12-2-6-14(7-3-12)16-10-17(20-19-16)15-8-4-13(11-18)5-9-15;1-4-5-6-7-8(2)3/h4-5,8-10,12,14H,2-3,6-7H2,1H3,(H,19,20);4-7H,2H2,1,3H3/b;5-4-,7-6-. The monoisotopic (exact) mass is 373 g/mol. The van der Waals surface area contributed by atoms with Gasteiger partial charge in [0, 0.05) is 17.2 Å². The minimum absolute atomic E-state index is 0.630. The Morgan fingerprint density at radius 3 is 2.43 bits per heavy atom. The number of hydrogen-bond acceptors (Lipinski definition) is 2. The van der Waals surface area contributed by atoms with Crippen LogP contribution in [-0.2, 0) is 0 Å². The van der Waals surface area contributed by atoms with Gasteiger partial charge in [0.25, 0.3) is 0 Å². The van der Waals surface area contributed by atoms with Gasteiger partial charge in [0.05, 0.1) is 17.3 Å². The van der Waals surface area contributed by atoms with Gasteiger partial charge >= 0.3 is 0 Å². The maximum absolute atomic E-state index is 8.82. The zero-order valence-corrected chi connectivity index (χ0v) is 17.3. The number of rotatable bonds is 4. The molecule has 2 aromatic rings. The van der Waals surface area contributed by atoms with Crippen LogP contribution in [0.3, 0.4) is 0 Å². The first-order valence-electron chi connectivity index (χ1n) is 10.0. The topological polar surface area (TPSA) is 52.5 Å². The highest BCUT2D eigenvalue weighted by Crippen LogP contribution is 2.35. The van der Waals surface area contributed by atoms with Gasteiger partial charge in [-0.2, -0.15) is 10.4 Å². The predicted molar refractivity (Wildman–Crippen MR) is 118 cm³/mol. The molecule has 28 heavy (non-hydrogen) atoms. The fourth-order valence-electron chi connectivity index (χ4n) is 3.31. The lowest BCUT2D eigenvalue weighted by Gasteiger charge is -2.24. The van der Waals surface area contributed by atoms with Crippen LogP contribution < -0.4 is 0 Å². The molecule has 1 aromatic heterocycles. The van der Waals surface area contributed by atoms with E-state index in [1.165, 1.54) is 31.4 Å². The zero-order valence-electron chi connectivity index (χ0n) is 17.3. The molecule has 1 aliphatic carbocycles. The average Bonchev–Trinajstić information content (AvgIpc) is 3.19. The van der Waals surface area contributed by atoms with Crippen LogP contribution in [0.1, 0.15) is 63.6 Å². The molecule has 1 aromatic carbocycles. The lowest BCUT2D eigenvalue weighted by molar-refractivity contribution is 0.344. The third-order valence-corrected chi connectivity index (χ3v) is 5.05. The summed E-state index contributed by atoms with van der Waals surface area (Å²) in [5.41, 5.74) is 5.07. The molecule has 1 aliphatic rings. The van der Waals surface area contributed by atoms with Gasteiger partial charge in [-0.1, -0.05) is 68.4 Å². The number of nitrogens with one attached hydrogen (secondary N) is 1. The number of hydrogen-bond donors (Lipinski definition) is 1. The minimum atomic E-state index is 0.630. The van der Waals surface area contributed by atoms with Crippen molar-refractivity contribution in [1.82, 2.24) is 10.2 Å². The molecule has 146 valence electrons. The molecule has 3 heteroatoms. The molecular weight excluding hydrogens is 342 g/mol. The molecule has 0 saturated heterocycles. The van der Waals surface area contributed by atoms with Crippen molar-refractivity contribution < 1.29 is 0 Å². The quantitative estimate of drug-likeness (QED) is 0.590. The van der Waals surface area contributed by atoms with Crippen molar-refractivity contribution in [3.05, 3.63) is 78.0 Å². The molecule has 0 aliphatic heterocycles. The van der Waals surface area contributed by atoms with Crippen molar-refractivity contribution in [2.45, 2.75) is 52.4 Å². The number of allylic oxidation sites excluding steroid dienone is 5. The molecule has 0 unspecified atom stereocenters. The maximum Gasteiger partial charge on any atom is 0.0991 e. The lowest BCUT2D eigenvalue weighted by Crippen LogP contribution is -2.10. The molecule has 0 atom stereocenters. The summed E-state index contributed by atoms with van der Waals surface area (Å²) in [5, 5.41) is 16.5. The van der Waals surface area contributed by atoms with E-state index in [9.17, 15) is 0 Å². The minimum Gasteiger partial charge on any atom is -0.282 e. The third-order valence-electron chi connectivity index (χ3n) is 5.05. The van der Waals surface area contributed by atoms with Crippen molar-refractivity contribution in [1.29, 1.82) is 5.26 Å². The van der Waals surface area contributed by atoms with Gasteiger partial charge in [0.15, 0.2) is 0 Å². The van der Waals surface area contributed by atoms with Gasteiger partial charge in [-0.25, -0.2) is 0 Å². The predicted octanol–water partition coefficient (Wildman–Crippen LogP) is 6.94. The highest BCUT2D eigenvalue weighted by molar-refractivity contribution is 5.60. The summed E-state index contributed by atoms with van der Waals surface area (Å²) >= 11 is 0. The average molecular weight is 374 g/mol. The maximum atomic E-state index is 8.82. The van der Waals surface area contributed by atoms with Crippen LogP contribution >= 0.6 is 0 Å². The van der Waals surface area contributed by atoms with Crippen molar-refractivity contribution in [2.24, 2.45) is 5.92 Å². The summed E-state index contributed by atoms with van der Waals surface area (Å²) < 4.78 is 0. The van der Waals surface area contributed by atoms with Gasteiger partial charge in [0.1, 0.15) is 0 Å². The van der Waals surface area contributed by atoms with E-state index in [4.69, 9.17) is 5.26 Å². The van der Waals surface area contributed by atoms with Crippen molar-refractivity contribution in [2.75, 3.05) is 0 Å². The van der Waals surface area contributed by atoms with Crippen LogP contribution in [0.2, 0.25) is 0 Å². The van der Waals surface area contributed by atoms with E-state index >= 15 is 0 Å². The Morgan fingerprint density at radius 1 is 1.18 bits per heavy atom. The molecule has 1 N–H and O–H groups in total. The third kappa shape index (κ3) is 6.70. The highest BCUT2D eigenvalue weighted by atomic mass is 15.1. The molecule has 1 fully saturated rings. The summed E-state index contributed by atoms with van der Waals surface area (Å²) in [4.78, 5) is 0. The molecule has 3 rings (SSSR count). The lowest BCUT2D eigenvalue weighted by atomic mass is 9.81. The second-order valence-corrected chi connectivity index (χ2v) is 7.59. The van der Waals surface area contributed by atoms with Crippen LogP contribution in [0, 0.1) is 17.2 Å². The molecule has 1 saturated carbocycles. The fourth-order valence-corrected chi connectivity index (χ4v) is 3.31. The number of H-pyrrole nitrogens is 1. The number of aromatic amines is 1. The Balaban J connectivity index is 0.000000300. The molecule has 0 spiro atoms. The SMILES string of the molecule is C=C(C)/C=C\C=C/C.CC1CCC(c2cc(-c3ccc(C#N)cc3)n[nH]2)CC1. The first-order valence-corrected chi connectivity index (χ1v) is 10.0. The Morgan fingerprint density at radius 2 is 1.86 bits per heavy atom. The fraction of sp³-hybridized carbons (Fsp3) is 0.360. The van der Waals surface area contributed by atoms with Crippen molar-refractivity contribution in [3.63, 3.8) is 0 Å². The smallest absolute Gasteiger partial charge is 0.0991 e. The molecule has 0 amide bonds. The first-order chi connectivity index (χ1) is 13.5. The Hall–Kier alpha value is -2.86. The Bertz CT molecular complexity index is 839. The summed E-state index contributed by atoms with van der Waals surface area (Å²) in [5.74, 6) is 1.50. The van der Waals surface area contributed by atoms with Gasteiger partial charge in [-0.3, -0.25) is 5.10 Å². The largest absolute Gasteiger partial charge is 0.282 e. The summed E-state index contributed by atoms with van der Waals surface area (Å²) in [7, 11) is 0. The van der Waals surface area contributed by atoms with Gasteiger partial charge < -0.3 is 0 Å². The zero-order chi connectivity index (χ0) is 20.4. The van der Waals surface area contributed by atoms with Gasteiger partial charge in [-0.15, -0.1) is 0 Å². The summed E-state index contributed by atoms with van der Waals surface area (Å²) in [6.45, 7) is 10.0. The number of aromatic nitrogens is 2. The van der Waals surface area contributed by atoms with Crippen LogP contribution in [0.25, 0.3) is 11.3 Å². The first kappa shape index (κ1) is 21.4. The summed E-state index contributed by atoms with van der Waals surface area (Å²) in [6.07, 6.45) is 13.1. The number of benzene rings is 1. The van der Waals surface area contributed by atoms with E-state index in [2.05, 4.69) is 35.8 Å². The molecule has 0 radical (unpaired) electrons. The Labute approximate surface area is 169 Å². The van der Waals surface area contributed by atoms with Crippen LogP contribution in [0.15, 0.2) is 66.8 Å². The van der Waals surface area contributed by atoms with E-state index in [1.54, 1.807) is 0 Å². The number of nitriles is 1. The van der Waals surface area contributed by atoms with Gasteiger partial charge in [-0.05, 0) is 50.8 Å². The van der Waals surface area contributed by atoms with Crippen molar-refractivity contribution >= 4 is 0 Å². The van der Waals surface area contributed by atoms with Crippen LogP contribution in [-0.4, -0.2) is 10.2 Å². The van der Waals surface area contributed by atoms with Crippen molar-refractivity contribution in [3.8, 4) is 17.3 Å². The Kier molecular flexibility index (Phi) is 8.49. The van der Waals surface area contributed by atoms with E-state index < -0.39 is 0 Å². The second-order valence-electron chi connectivity index (χ2n) is 7.59. The molecular formula is C25H31N3. The van der Waals surface area contributed by atoms with Crippen LogP contribution in [0.5, 0.6) is 0 Å². The highest BCUT2D eigenvalue weighted by Gasteiger charge is 2.21. The van der Waals surface area contributed by atoms with Crippen LogP contribution in [0.4, 0.5) is 0 Å². The molecule has 1 heterocycles. The molecule has 0 bridgehead atoms.